The number of carbonyl (C=O) groups excluding carboxylic acids is 2. The van der Waals surface area contributed by atoms with Crippen molar-refractivity contribution in [2.75, 3.05) is 33.3 Å². The molecule has 0 spiro atoms. The van der Waals surface area contributed by atoms with Crippen LogP contribution < -0.4 is 0 Å². The van der Waals surface area contributed by atoms with Gasteiger partial charge in [-0.25, -0.2) is 19.0 Å². The Bertz CT molecular complexity index is 1320. The minimum atomic E-state index is -0.690. The molecule has 1 aliphatic rings. The van der Waals surface area contributed by atoms with E-state index in [-0.39, 0.29) is 34.0 Å². The van der Waals surface area contributed by atoms with Crippen molar-refractivity contribution in [2.24, 2.45) is 0 Å². The summed E-state index contributed by atoms with van der Waals surface area (Å²) in [6.07, 6.45) is 1.12. The summed E-state index contributed by atoms with van der Waals surface area (Å²) >= 11 is 6.43. The Morgan fingerprint density at radius 1 is 1.14 bits per heavy atom. The predicted octanol–water partition coefficient (Wildman–Crippen LogP) is 4.86. The summed E-state index contributed by atoms with van der Waals surface area (Å²) in [6, 6.07) is 7.71. The van der Waals surface area contributed by atoms with Crippen molar-refractivity contribution in [2.45, 2.75) is 33.0 Å². The Labute approximate surface area is 219 Å². The van der Waals surface area contributed by atoms with Gasteiger partial charge in [-0.3, -0.25) is 4.98 Å². The van der Waals surface area contributed by atoms with Crippen LogP contribution in [0.15, 0.2) is 36.5 Å². The van der Waals surface area contributed by atoms with Gasteiger partial charge in [-0.1, -0.05) is 23.7 Å². The van der Waals surface area contributed by atoms with E-state index in [0.717, 1.165) is 0 Å². The molecule has 2 aromatic heterocycles. The first-order valence-electron chi connectivity index (χ1n) is 11.7. The Kier molecular flexibility index (Phi) is 7.91. The lowest BCUT2D eigenvalue weighted by atomic mass is 10.1. The van der Waals surface area contributed by atoms with Crippen molar-refractivity contribution in [3.8, 4) is 11.3 Å². The van der Waals surface area contributed by atoms with E-state index in [1.54, 1.807) is 49.9 Å². The number of hydrogen-bond acceptors (Lipinski definition) is 8. The maximum Gasteiger partial charge on any atom is 0.410 e. The van der Waals surface area contributed by atoms with Crippen molar-refractivity contribution in [3.63, 3.8) is 0 Å². The van der Waals surface area contributed by atoms with Crippen LogP contribution in [0.25, 0.3) is 22.2 Å². The smallest absolute Gasteiger partial charge is 0.410 e. The lowest BCUT2D eigenvalue weighted by molar-refractivity contribution is -0.128. The monoisotopic (exact) mass is 530 g/mol. The van der Waals surface area contributed by atoms with E-state index < -0.39 is 23.5 Å². The number of amides is 1. The molecule has 0 radical (unpaired) electrons. The number of piperazine rings is 1. The molecule has 0 unspecified atom stereocenters. The van der Waals surface area contributed by atoms with Gasteiger partial charge >= 0.3 is 12.1 Å². The summed E-state index contributed by atoms with van der Waals surface area (Å²) < 4.78 is 25.2. The van der Waals surface area contributed by atoms with Crippen LogP contribution in [0.5, 0.6) is 0 Å². The highest BCUT2D eigenvalue weighted by Crippen LogP contribution is 2.33. The second-order valence-corrected chi connectivity index (χ2v) is 9.93. The number of halogens is 2. The average molecular weight is 531 g/mol. The molecule has 0 saturated carbocycles. The van der Waals surface area contributed by atoms with Crippen molar-refractivity contribution in [1.29, 1.82) is 0 Å². The van der Waals surface area contributed by atoms with E-state index in [4.69, 9.17) is 25.9 Å². The van der Waals surface area contributed by atoms with Crippen molar-refractivity contribution < 1.29 is 28.3 Å². The molecule has 37 heavy (non-hydrogen) atoms. The highest BCUT2D eigenvalue weighted by molar-refractivity contribution is 6.33. The molecule has 0 aliphatic carbocycles. The fourth-order valence-electron chi connectivity index (χ4n) is 3.90. The Morgan fingerprint density at radius 3 is 2.49 bits per heavy atom. The number of fused-ring (bicyclic) bond motifs is 1. The maximum absolute atomic E-state index is 14.5. The largest absolute Gasteiger partial charge is 0.444 e. The first-order chi connectivity index (χ1) is 17.6. The molecule has 1 aromatic carbocycles. The molecule has 196 valence electrons. The lowest BCUT2D eigenvalue weighted by Gasteiger charge is -2.34. The Balaban J connectivity index is 1.62. The summed E-state index contributed by atoms with van der Waals surface area (Å²) in [5.74, 6) is -1.18. The third kappa shape index (κ3) is 6.15. The van der Waals surface area contributed by atoms with Crippen LogP contribution in [-0.2, 0) is 20.9 Å². The number of hydroxylamine groups is 2. The lowest BCUT2D eigenvalue weighted by Crippen LogP contribution is -2.50. The number of pyridine rings is 2. The first kappa shape index (κ1) is 26.7. The third-order valence-electron chi connectivity index (χ3n) is 5.61. The zero-order chi connectivity index (χ0) is 26.7. The van der Waals surface area contributed by atoms with Gasteiger partial charge in [0.25, 0.3) is 0 Å². The van der Waals surface area contributed by atoms with E-state index in [2.05, 4.69) is 9.97 Å². The summed E-state index contributed by atoms with van der Waals surface area (Å²) in [7, 11) is 1.48. The number of ether oxygens (including phenoxy) is 2. The number of rotatable bonds is 5. The molecule has 0 N–H and O–H groups in total. The van der Waals surface area contributed by atoms with E-state index in [0.29, 0.717) is 37.3 Å². The van der Waals surface area contributed by atoms with Gasteiger partial charge in [0.15, 0.2) is 0 Å². The van der Waals surface area contributed by atoms with Crippen molar-refractivity contribution >= 4 is 34.6 Å². The summed E-state index contributed by atoms with van der Waals surface area (Å²) in [5, 5.41) is 2.19. The number of benzene rings is 1. The van der Waals surface area contributed by atoms with E-state index in [1.165, 1.54) is 24.4 Å². The number of hydrogen-bond donors (Lipinski definition) is 0. The van der Waals surface area contributed by atoms with Crippen LogP contribution in [0.1, 0.15) is 36.8 Å². The normalized spacial score (nSPS) is 14.6. The number of nitrogens with zero attached hydrogens (tertiary/aromatic N) is 4. The number of methoxy groups -OCH3 is 1. The molecule has 3 aromatic rings. The summed E-state index contributed by atoms with van der Waals surface area (Å²) in [4.78, 5) is 41.9. The second kappa shape index (κ2) is 11.0. The van der Waals surface area contributed by atoms with Gasteiger partial charge in [-0.05, 0) is 39.0 Å². The molecule has 4 rings (SSSR count). The minimum absolute atomic E-state index is 0.0339. The molecule has 1 aliphatic heterocycles. The zero-order valence-corrected chi connectivity index (χ0v) is 21.8. The van der Waals surface area contributed by atoms with E-state index in [9.17, 15) is 14.0 Å². The quantitative estimate of drug-likeness (QED) is 0.461. The number of carbonyl (C=O) groups is 2. The van der Waals surface area contributed by atoms with Gasteiger partial charge in [0, 0.05) is 37.3 Å². The molecule has 3 heterocycles. The molecule has 0 bridgehead atoms. The predicted molar refractivity (Wildman–Crippen MR) is 135 cm³/mol. The SMILES string of the molecule is COCc1ncc2cc(Cl)c(-c3ccccc3F)nc2c1C(=O)ON1CCN(C(=O)OC(C)(C)C)CC1. The summed E-state index contributed by atoms with van der Waals surface area (Å²) in [6.45, 7) is 6.68. The highest BCUT2D eigenvalue weighted by Gasteiger charge is 2.29. The van der Waals surface area contributed by atoms with E-state index in [1.807, 2.05) is 0 Å². The van der Waals surface area contributed by atoms with Crippen LogP contribution >= 0.6 is 11.6 Å². The van der Waals surface area contributed by atoms with Crippen molar-refractivity contribution in [3.05, 3.63) is 58.6 Å². The molecule has 1 fully saturated rings. The molecule has 1 amide bonds. The van der Waals surface area contributed by atoms with Crippen molar-refractivity contribution in [1.82, 2.24) is 19.9 Å². The van der Waals surface area contributed by atoms with Crippen LogP contribution in [0.3, 0.4) is 0 Å². The van der Waals surface area contributed by atoms with E-state index >= 15 is 0 Å². The Morgan fingerprint density at radius 2 is 1.84 bits per heavy atom. The number of aromatic nitrogens is 2. The van der Waals surface area contributed by atoms with Gasteiger partial charge in [0.1, 0.15) is 17.0 Å². The molecule has 0 atom stereocenters. The molecule has 1 saturated heterocycles. The maximum atomic E-state index is 14.5. The molecule has 11 heteroatoms. The minimum Gasteiger partial charge on any atom is -0.444 e. The second-order valence-electron chi connectivity index (χ2n) is 9.52. The zero-order valence-electron chi connectivity index (χ0n) is 21.1. The average Bonchev–Trinajstić information content (AvgIpc) is 2.83. The third-order valence-corrected chi connectivity index (χ3v) is 5.89. The highest BCUT2D eigenvalue weighted by atomic mass is 35.5. The fourth-order valence-corrected chi connectivity index (χ4v) is 4.17. The van der Waals surface area contributed by atoms with Crippen LogP contribution in [0.2, 0.25) is 5.02 Å². The van der Waals surface area contributed by atoms with Gasteiger partial charge in [0.2, 0.25) is 0 Å². The fraction of sp³-hybridized carbons (Fsp3) is 0.385. The van der Waals surface area contributed by atoms with Crippen LogP contribution in [0.4, 0.5) is 9.18 Å². The molecular weight excluding hydrogens is 503 g/mol. The van der Waals surface area contributed by atoms with Crippen LogP contribution in [0, 0.1) is 5.82 Å². The van der Waals surface area contributed by atoms with Crippen LogP contribution in [-0.4, -0.2) is 70.9 Å². The topological polar surface area (TPSA) is 94.1 Å². The standard InChI is InChI=1S/C26H28ClFN4O5/c1-26(2,3)36-25(34)31-9-11-32(12-10-31)37-24(33)21-20(15-35-4)29-14-16-13-18(27)23(30-22(16)21)17-7-5-6-8-19(17)28/h5-8,13-14H,9-12,15H2,1-4H3. The first-order valence-corrected chi connectivity index (χ1v) is 12.1. The van der Waals surface area contributed by atoms with Gasteiger partial charge in [-0.15, -0.1) is 5.06 Å². The molecular formula is C26H28ClFN4O5. The molecule has 9 nitrogen and oxygen atoms in total. The van der Waals surface area contributed by atoms with Gasteiger partial charge in [0.05, 0.1) is 41.6 Å². The van der Waals surface area contributed by atoms with Gasteiger partial charge < -0.3 is 19.2 Å². The Hall–Kier alpha value is -3.34. The van der Waals surface area contributed by atoms with Gasteiger partial charge in [-0.2, -0.15) is 0 Å². The summed E-state index contributed by atoms with van der Waals surface area (Å²) in [5.41, 5.74) is 0.489.